The van der Waals surface area contributed by atoms with Gasteiger partial charge in [0.25, 0.3) is 0 Å². The van der Waals surface area contributed by atoms with Gasteiger partial charge in [-0.2, -0.15) is 0 Å². The Morgan fingerprint density at radius 1 is 1.35 bits per heavy atom. The van der Waals surface area contributed by atoms with E-state index in [4.69, 9.17) is 4.42 Å². The van der Waals surface area contributed by atoms with E-state index < -0.39 is 0 Å². The van der Waals surface area contributed by atoms with Crippen LogP contribution in [0.3, 0.4) is 0 Å². The molecule has 104 valence electrons. The molecular formula is C12H13N5OS2. The van der Waals surface area contributed by atoms with Crippen molar-refractivity contribution in [1.29, 1.82) is 0 Å². The second kappa shape index (κ2) is 6.19. The molecular weight excluding hydrogens is 294 g/mol. The molecule has 8 heteroatoms. The van der Waals surface area contributed by atoms with Gasteiger partial charge in [0.2, 0.25) is 16.9 Å². The predicted octanol–water partition coefficient (Wildman–Crippen LogP) is 2.69. The fourth-order valence-corrected chi connectivity index (χ4v) is 2.98. The molecule has 3 aromatic rings. The second-order valence-corrected chi connectivity index (χ2v) is 6.03. The molecule has 3 rings (SSSR count). The highest BCUT2D eigenvalue weighted by molar-refractivity contribution is 7.98. The van der Waals surface area contributed by atoms with Crippen molar-refractivity contribution in [3.8, 4) is 0 Å². The van der Waals surface area contributed by atoms with Gasteiger partial charge < -0.3 is 4.42 Å². The van der Waals surface area contributed by atoms with Crippen LogP contribution < -0.4 is 0 Å². The molecule has 0 saturated carbocycles. The smallest absolute Gasteiger partial charge is 0.226 e. The van der Waals surface area contributed by atoms with E-state index >= 15 is 0 Å². The van der Waals surface area contributed by atoms with Gasteiger partial charge in [-0.1, -0.05) is 24.8 Å². The van der Waals surface area contributed by atoms with E-state index in [0.29, 0.717) is 22.7 Å². The van der Waals surface area contributed by atoms with E-state index in [1.54, 1.807) is 11.3 Å². The largest absolute Gasteiger partial charge is 0.424 e. The molecule has 3 aromatic heterocycles. The van der Waals surface area contributed by atoms with Crippen LogP contribution in [-0.4, -0.2) is 25.4 Å². The van der Waals surface area contributed by atoms with Gasteiger partial charge in [-0.25, -0.2) is 4.98 Å². The summed E-state index contributed by atoms with van der Waals surface area (Å²) in [7, 11) is 0. The van der Waals surface area contributed by atoms with Crippen LogP contribution in [0.5, 0.6) is 0 Å². The Balaban J connectivity index is 1.57. The number of nitrogens with one attached hydrogen (secondary N) is 1. The van der Waals surface area contributed by atoms with Crippen molar-refractivity contribution in [2.75, 3.05) is 0 Å². The third-order valence-corrected chi connectivity index (χ3v) is 4.28. The van der Waals surface area contributed by atoms with Gasteiger partial charge in [0.15, 0.2) is 0 Å². The minimum absolute atomic E-state index is 0.587. The van der Waals surface area contributed by atoms with Crippen molar-refractivity contribution in [3.05, 3.63) is 40.0 Å². The zero-order chi connectivity index (χ0) is 13.8. The number of hydrogen-bond acceptors (Lipinski definition) is 7. The molecule has 0 spiro atoms. The normalized spacial score (nSPS) is 11.1. The van der Waals surface area contributed by atoms with E-state index in [0.717, 1.165) is 18.7 Å². The topological polar surface area (TPSA) is 80.5 Å². The highest BCUT2D eigenvalue weighted by Crippen LogP contribution is 2.19. The third kappa shape index (κ3) is 3.26. The molecule has 0 saturated heterocycles. The highest BCUT2D eigenvalue weighted by atomic mass is 32.2. The third-order valence-electron chi connectivity index (χ3n) is 2.57. The fraction of sp³-hybridized carbons (Fsp3) is 0.333. The predicted molar refractivity (Wildman–Crippen MR) is 76.7 cm³/mol. The molecule has 0 aromatic carbocycles. The molecule has 0 aliphatic heterocycles. The Bertz CT molecular complexity index is 661. The van der Waals surface area contributed by atoms with Crippen LogP contribution in [0.1, 0.15) is 29.4 Å². The van der Waals surface area contributed by atoms with Crippen LogP contribution in [0.15, 0.2) is 27.1 Å². The molecule has 0 aliphatic carbocycles. The Hall–Kier alpha value is -1.67. The monoisotopic (exact) mass is 307 g/mol. The molecule has 0 fully saturated rings. The van der Waals surface area contributed by atoms with E-state index in [1.165, 1.54) is 16.6 Å². The van der Waals surface area contributed by atoms with Crippen LogP contribution in [-0.2, 0) is 18.6 Å². The minimum Gasteiger partial charge on any atom is -0.424 e. The summed E-state index contributed by atoms with van der Waals surface area (Å²) < 4.78 is 5.44. The SMILES string of the molecule is CCc1nnc(CSc2n[nH]c(Cc3cccs3)n2)o1. The maximum Gasteiger partial charge on any atom is 0.226 e. The molecule has 0 amide bonds. The first-order valence-corrected chi connectivity index (χ1v) is 8.07. The summed E-state index contributed by atoms with van der Waals surface area (Å²) in [5.41, 5.74) is 0. The lowest BCUT2D eigenvalue weighted by atomic mass is 10.3. The van der Waals surface area contributed by atoms with E-state index in [9.17, 15) is 0 Å². The molecule has 0 unspecified atom stereocenters. The average Bonchev–Trinajstić information content (AvgIpc) is 3.18. The summed E-state index contributed by atoms with van der Waals surface area (Å²) in [4.78, 5) is 5.71. The Labute approximate surface area is 124 Å². The molecule has 20 heavy (non-hydrogen) atoms. The van der Waals surface area contributed by atoms with E-state index in [-0.39, 0.29) is 0 Å². The molecule has 0 atom stereocenters. The molecule has 0 radical (unpaired) electrons. The number of thiophene rings is 1. The maximum atomic E-state index is 5.44. The first kappa shape index (κ1) is 13.3. The lowest BCUT2D eigenvalue weighted by Gasteiger charge is -1.91. The van der Waals surface area contributed by atoms with Crippen LogP contribution in [0.25, 0.3) is 0 Å². The Morgan fingerprint density at radius 2 is 2.25 bits per heavy atom. The minimum atomic E-state index is 0.587. The standard InChI is InChI=1S/C12H13N5OS2/c1-2-10-15-16-11(18-10)7-20-12-13-9(14-17-12)6-8-4-3-5-19-8/h3-5H,2,6-7H2,1H3,(H,13,14,17). The summed E-state index contributed by atoms with van der Waals surface area (Å²) in [5, 5.41) is 17.8. The van der Waals surface area contributed by atoms with Gasteiger partial charge in [-0.3, -0.25) is 5.10 Å². The fourth-order valence-electron chi connectivity index (χ4n) is 1.62. The maximum absolute atomic E-state index is 5.44. The number of H-pyrrole nitrogens is 1. The van der Waals surface area contributed by atoms with Gasteiger partial charge in [0, 0.05) is 17.7 Å². The summed E-state index contributed by atoms with van der Waals surface area (Å²) >= 11 is 3.20. The summed E-state index contributed by atoms with van der Waals surface area (Å²) in [5.74, 6) is 2.73. The van der Waals surface area contributed by atoms with Crippen LogP contribution in [0, 0.1) is 0 Å². The van der Waals surface area contributed by atoms with Crippen molar-refractivity contribution in [1.82, 2.24) is 25.4 Å². The first-order chi connectivity index (χ1) is 9.83. The van der Waals surface area contributed by atoms with Crippen molar-refractivity contribution in [2.45, 2.75) is 30.7 Å². The van der Waals surface area contributed by atoms with Crippen LogP contribution >= 0.6 is 23.1 Å². The number of aryl methyl sites for hydroxylation is 1. The van der Waals surface area contributed by atoms with Gasteiger partial charge in [0.05, 0.1) is 5.75 Å². The lowest BCUT2D eigenvalue weighted by molar-refractivity contribution is 0.470. The lowest BCUT2D eigenvalue weighted by Crippen LogP contribution is -1.87. The number of rotatable bonds is 6. The van der Waals surface area contributed by atoms with E-state index in [2.05, 4.69) is 36.8 Å². The van der Waals surface area contributed by atoms with Crippen molar-refractivity contribution < 1.29 is 4.42 Å². The summed E-state index contributed by atoms with van der Waals surface area (Å²) in [6.45, 7) is 1.98. The number of nitrogens with zero attached hydrogens (tertiary/aromatic N) is 4. The molecule has 3 heterocycles. The number of aromatic nitrogens is 5. The van der Waals surface area contributed by atoms with Crippen LogP contribution in [0.2, 0.25) is 0 Å². The van der Waals surface area contributed by atoms with Gasteiger partial charge in [-0.15, -0.1) is 26.6 Å². The number of hydrogen-bond donors (Lipinski definition) is 1. The number of aromatic amines is 1. The summed E-state index contributed by atoms with van der Waals surface area (Å²) in [6, 6.07) is 4.12. The zero-order valence-electron chi connectivity index (χ0n) is 10.9. The van der Waals surface area contributed by atoms with Crippen molar-refractivity contribution in [2.24, 2.45) is 0 Å². The van der Waals surface area contributed by atoms with Gasteiger partial charge in [-0.05, 0) is 11.4 Å². The molecule has 6 nitrogen and oxygen atoms in total. The first-order valence-electron chi connectivity index (χ1n) is 6.21. The average molecular weight is 307 g/mol. The molecule has 0 bridgehead atoms. The van der Waals surface area contributed by atoms with Crippen LogP contribution in [0.4, 0.5) is 0 Å². The highest BCUT2D eigenvalue weighted by Gasteiger charge is 2.09. The Morgan fingerprint density at radius 3 is 3.00 bits per heavy atom. The summed E-state index contributed by atoms with van der Waals surface area (Å²) in [6.07, 6.45) is 1.54. The van der Waals surface area contributed by atoms with Gasteiger partial charge >= 0.3 is 0 Å². The van der Waals surface area contributed by atoms with Crippen molar-refractivity contribution in [3.63, 3.8) is 0 Å². The molecule has 0 aliphatic rings. The Kier molecular flexibility index (Phi) is 4.12. The van der Waals surface area contributed by atoms with E-state index in [1.807, 2.05) is 13.0 Å². The molecule has 1 N–H and O–H groups in total. The van der Waals surface area contributed by atoms with Crippen molar-refractivity contribution >= 4 is 23.1 Å². The quantitative estimate of drug-likeness (QED) is 0.705. The number of thioether (sulfide) groups is 1. The second-order valence-electron chi connectivity index (χ2n) is 4.05. The van der Waals surface area contributed by atoms with Gasteiger partial charge in [0.1, 0.15) is 5.82 Å². The zero-order valence-corrected chi connectivity index (χ0v) is 12.5.